The van der Waals surface area contributed by atoms with Crippen molar-refractivity contribution in [3.05, 3.63) is 48.0 Å². The molecule has 0 unspecified atom stereocenters. The lowest BCUT2D eigenvalue weighted by molar-refractivity contribution is -0.137. The number of hydrogen-bond donors (Lipinski definition) is 2. The summed E-state index contributed by atoms with van der Waals surface area (Å²) < 4.78 is 40.2. The number of amides is 1. The number of benzene rings is 2. The molecule has 0 aromatic heterocycles. The van der Waals surface area contributed by atoms with Gasteiger partial charge in [0.05, 0.1) is 23.5 Å². The fraction of sp³-hybridized carbons (Fsp3) is 0.480. The molecule has 3 N–H and O–H groups in total. The first kappa shape index (κ1) is 24.9. The molecule has 2 aromatic rings. The van der Waals surface area contributed by atoms with Gasteiger partial charge in [-0.15, -0.1) is 0 Å². The summed E-state index contributed by atoms with van der Waals surface area (Å²) in [5.41, 5.74) is 6.33. The van der Waals surface area contributed by atoms with Gasteiger partial charge in [0.1, 0.15) is 0 Å². The number of fused-ring (bicyclic) bond motifs is 2. The van der Waals surface area contributed by atoms with Gasteiger partial charge < -0.3 is 20.9 Å². The Hall–Kier alpha value is -2.23. The Kier molecular flexibility index (Phi) is 8.06. The molecule has 34 heavy (non-hydrogen) atoms. The summed E-state index contributed by atoms with van der Waals surface area (Å²) in [4.78, 5) is 17.6. The number of nitrogens with zero attached hydrogens (tertiary/aromatic N) is 2. The number of nitrogens with one attached hydrogen (secondary N) is 1. The van der Waals surface area contributed by atoms with Crippen LogP contribution in [-0.4, -0.2) is 50.1 Å². The van der Waals surface area contributed by atoms with Crippen molar-refractivity contribution in [3.8, 4) is 0 Å². The van der Waals surface area contributed by atoms with Crippen LogP contribution in [0.5, 0.6) is 0 Å². The van der Waals surface area contributed by atoms with Crippen molar-refractivity contribution in [1.82, 2.24) is 10.2 Å². The van der Waals surface area contributed by atoms with Crippen molar-refractivity contribution < 1.29 is 18.0 Å². The van der Waals surface area contributed by atoms with Crippen LogP contribution < -0.4 is 16.0 Å². The van der Waals surface area contributed by atoms with E-state index in [0.717, 1.165) is 60.8 Å². The number of carbonyl (C=O) groups excluding carboxylic acids is 1. The highest BCUT2D eigenvalue weighted by Crippen LogP contribution is 2.49. The Labute approximate surface area is 202 Å². The molecule has 5 nitrogen and oxygen atoms in total. The summed E-state index contributed by atoms with van der Waals surface area (Å²) in [5, 5.41) is 2.81. The molecule has 184 valence electrons. The van der Waals surface area contributed by atoms with Crippen LogP contribution in [0.3, 0.4) is 0 Å². The zero-order chi connectivity index (χ0) is 24.1. The predicted molar refractivity (Wildman–Crippen MR) is 129 cm³/mol. The SMILES string of the molecule is NCC(=O)NCCN1CCC(CCCN2c3ccccc3Sc3ccc(C(F)(F)F)cc32)CC1. The third-order valence-corrected chi connectivity index (χ3v) is 7.72. The molecule has 0 aliphatic carbocycles. The molecular weight excluding hydrogens is 461 g/mol. The minimum atomic E-state index is -4.36. The summed E-state index contributed by atoms with van der Waals surface area (Å²) in [6.07, 6.45) is -0.175. The van der Waals surface area contributed by atoms with Crippen LogP contribution in [0.4, 0.5) is 24.5 Å². The standard InChI is InChI=1S/C25H31F3N4OS/c26-25(27,28)19-7-8-23-21(16-19)32(20-5-1-2-6-22(20)34-23)12-3-4-18-9-13-31(14-10-18)15-11-30-24(33)17-29/h1-2,5-8,16,18H,3-4,9-15,17,29H2,(H,30,33). The molecule has 0 bridgehead atoms. The minimum Gasteiger partial charge on any atom is -0.354 e. The zero-order valence-electron chi connectivity index (χ0n) is 19.1. The summed E-state index contributed by atoms with van der Waals surface area (Å²) >= 11 is 1.53. The van der Waals surface area contributed by atoms with Crippen LogP contribution in [0, 0.1) is 5.92 Å². The number of piperidine rings is 1. The maximum atomic E-state index is 13.4. The fourth-order valence-electron chi connectivity index (χ4n) is 4.71. The molecule has 2 heterocycles. The van der Waals surface area contributed by atoms with Crippen LogP contribution in [-0.2, 0) is 11.0 Å². The average Bonchev–Trinajstić information content (AvgIpc) is 2.83. The van der Waals surface area contributed by atoms with Gasteiger partial charge in [-0.05, 0) is 75.0 Å². The molecule has 0 saturated carbocycles. The molecule has 4 rings (SSSR count). The van der Waals surface area contributed by atoms with Gasteiger partial charge in [0.15, 0.2) is 0 Å². The van der Waals surface area contributed by atoms with E-state index in [4.69, 9.17) is 5.73 Å². The van der Waals surface area contributed by atoms with Gasteiger partial charge in [0.25, 0.3) is 0 Å². The van der Waals surface area contributed by atoms with Crippen LogP contribution in [0.15, 0.2) is 52.3 Å². The van der Waals surface area contributed by atoms with E-state index < -0.39 is 11.7 Å². The highest BCUT2D eigenvalue weighted by molar-refractivity contribution is 7.99. The number of hydrogen-bond acceptors (Lipinski definition) is 5. The number of likely N-dealkylation sites (tertiary alicyclic amines) is 1. The lowest BCUT2D eigenvalue weighted by Gasteiger charge is -2.35. The number of alkyl halides is 3. The molecule has 2 aromatic carbocycles. The quantitative estimate of drug-likeness (QED) is 0.550. The van der Waals surface area contributed by atoms with Crippen molar-refractivity contribution in [2.24, 2.45) is 11.7 Å². The summed E-state index contributed by atoms with van der Waals surface area (Å²) in [6, 6.07) is 12.0. The van der Waals surface area contributed by atoms with Crippen LogP contribution in [0.25, 0.3) is 0 Å². The van der Waals surface area contributed by atoms with E-state index in [-0.39, 0.29) is 12.5 Å². The Morgan fingerprint density at radius 1 is 1.06 bits per heavy atom. The second kappa shape index (κ2) is 11.0. The lowest BCUT2D eigenvalue weighted by atomic mass is 9.92. The van der Waals surface area contributed by atoms with Gasteiger partial charge >= 0.3 is 6.18 Å². The molecule has 0 radical (unpaired) electrons. The van der Waals surface area contributed by atoms with Gasteiger partial charge in [-0.25, -0.2) is 0 Å². The Bertz CT molecular complexity index is 992. The molecule has 1 saturated heterocycles. The molecule has 0 spiro atoms. The number of rotatable bonds is 8. The number of halogens is 3. The molecule has 0 atom stereocenters. The first-order valence-electron chi connectivity index (χ1n) is 11.8. The second-order valence-electron chi connectivity index (χ2n) is 8.88. The monoisotopic (exact) mass is 492 g/mol. The van der Waals surface area contributed by atoms with Crippen LogP contribution in [0.1, 0.15) is 31.2 Å². The Morgan fingerprint density at radius 3 is 2.53 bits per heavy atom. The summed E-state index contributed by atoms with van der Waals surface area (Å²) in [5.74, 6) is 0.488. The largest absolute Gasteiger partial charge is 0.416 e. The van der Waals surface area contributed by atoms with Crippen LogP contribution >= 0.6 is 11.8 Å². The highest BCUT2D eigenvalue weighted by Gasteiger charge is 2.33. The third kappa shape index (κ3) is 6.06. The van der Waals surface area contributed by atoms with Crippen molar-refractivity contribution >= 4 is 29.0 Å². The summed E-state index contributed by atoms with van der Waals surface area (Å²) in [6.45, 7) is 4.17. The molecular formula is C25H31F3N4OS. The van der Waals surface area contributed by atoms with E-state index >= 15 is 0 Å². The Morgan fingerprint density at radius 2 is 1.79 bits per heavy atom. The highest BCUT2D eigenvalue weighted by atomic mass is 32.2. The zero-order valence-corrected chi connectivity index (χ0v) is 19.9. The Balaban J connectivity index is 1.34. The minimum absolute atomic E-state index is 0.0181. The van der Waals surface area contributed by atoms with Crippen molar-refractivity contribution in [1.29, 1.82) is 0 Å². The van der Waals surface area contributed by atoms with E-state index in [1.165, 1.54) is 23.9 Å². The molecule has 9 heteroatoms. The first-order valence-corrected chi connectivity index (χ1v) is 12.6. The van der Waals surface area contributed by atoms with E-state index in [1.807, 2.05) is 24.3 Å². The van der Waals surface area contributed by atoms with Gasteiger partial charge in [-0.1, -0.05) is 23.9 Å². The number of para-hydroxylation sites is 1. The van der Waals surface area contributed by atoms with Gasteiger partial charge in [-0.3, -0.25) is 4.79 Å². The third-order valence-electron chi connectivity index (χ3n) is 6.59. The average molecular weight is 493 g/mol. The topological polar surface area (TPSA) is 61.6 Å². The summed E-state index contributed by atoms with van der Waals surface area (Å²) in [7, 11) is 0. The van der Waals surface area contributed by atoms with Crippen molar-refractivity contribution in [2.75, 3.05) is 44.2 Å². The lowest BCUT2D eigenvalue weighted by Crippen LogP contribution is -2.41. The van der Waals surface area contributed by atoms with Gasteiger partial charge in [-0.2, -0.15) is 13.2 Å². The number of nitrogens with two attached hydrogens (primary N) is 1. The molecule has 1 amide bonds. The van der Waals surface area contributed by atoms with Gasteiger partial charge in [0, 0.05) is 29.4 Å². The maximum Gasteiger partial charge on any atom is 0.416 e. The van der Waals surface area contributed by atoms with E-state index in [0.29, 0.717) is 24.7 Å². The normalized spacial score (nSPS) is 16.8. The first-order chi connectivity index (χ1) is 16.3. The van der Waals surface area contributed by atoms with Crippen molar-refractivity contribution in [2.45, 2.75) is 41.7 Å². The van der Waals surface area contributed by atoms with Gasteiger partial charge in [0.2, 0.25) is 5.91 Å². The smallest absolute Gasteiger partial charge is 0.354 e. The van der Waals surface area contributed by atoms with Crippen molar-refractivity contribution in [3.63, 3.8) is 0 Å². The van der Waals surface area contributed by atoms with Crippen LogP contribution in [0.2, 0.25) is 0 Å². The second-order valence-corrected chi connectivity index (χ2v) is 9.97. The molecule has 1 fully saturated rings. The van der Waals surface area contributed by atoms with E-state index in [9.17, 15) is 18.0 Å². The number of anilines is 2. The fourth-order valence-corrected chi connectivity index (χ4v) is 5.79. The maximum absolute atomic E-state index is 13.4. The van der Waals surface area contributed by atoms with E-state index in [2.05, 4.69) is 15.1 Å². The molecule has 2 aliphatic heterocycles. The predicted octanol–water partition coefficient (Wildman–Crippen LogP) is 4.88. The number of carbonyl (C=O) groups is 1. The van der Waals surface area contributed by atoms with E-state index in [1.54, 1.807) is 6.07 Å². The molecule has 2 aliphatic rings.